The lowest BCUT2D eigenvalue weighted by molar-refractivity contribution is -0.149. The molecule has 0 N–H and O–H groups in total. The number of aromatic nitrogens is 2. The topological polar surface area (TPSA) is 81.0 Å². The van der Waals surface area contributed by atoms with Crippen molar-refractivity contribution in [2.75, 3.05) is 11.4 Å². The van der Waals surface area contributed by atoms with Gasteiger partial charge in [0.05, 0.1) is 22.3 Å². The van der Waals surface area contributed by atoms with E-state index in [4.69, 9.17) is 16.3 Å². The zero-order chi connectivity index (χ0) is 20.5. The van der Waals surface area contributed by atoms with Crippen molar-refractivity contribution < 1.29 is 14.3 Å². The summed E-state index contributed by atoms with van der Waals surface area (Å²) in [5.74, 6) is -1.28. The number of fused-ring (bicyclic) bond motifs is 1. The highest BCUT2D eigenvalue weighted by Gasteiger charge is 2.36. The van der Waals surface area contributed by atoms with Crippen LogP contribution in [-0.4, -0.2) is 27.8 Å². The van der Waals surface area contributed by atoms with Gasteiger partial charge in [-0.3, -0.25) is 18.8 Å². The van der Waals surface area contributed by atoms with E-state index in [0.29, 0.717) is 22.1 Å². The number of aryl methyl sites for hydroxylation is 1. The number of ether oxygens (including phenoxy) is 1. The number of carbonyl (C=O) groups excluding carboxylic acids is 2. The van der Waals surface area contributed by atoms with Crippen LogP contribution < -0.4 is 10.5 Å². The Bertz CT molecular complexity index is 1170. The Labute approximate surface area is 171 Å². The van der Waals surface area contributed by atoms with Gasteiger partial charge in [0.1, 0.15) is 12.3 Å². The van der Waals surface area contributed by atoms with Gasteiger partial charge in [0.15, 0.2) is 0 Å². The molecule has 2 aromatic heterocycles. The molecule has 1 aliphatic heterocycles. The third kappa shape index (κ3) is 3.86. The minimum Gasteiger partial charge on any atom is -0.459 e. The molecule has 7 nitrogen and oxygen atoms in total. The molecule has 0 aliphatic carbocycles. The Balaban J connectivity index is 1.45. The summed E-state index contributed by atoms with van der Waals surface area (Å²) in [5.41, 5.74) is 2.11. The fourth-order valence-corrected chi connectivity index (χ4v) is 3.60. The molecule has 4 rings (SSSR count). The predicted molar refractivity (Wildman–Crippen MR) is 108 cm³/mol. The molecule has 29 heavy (non-hydrogen) atoms. The van der Waals surface area contributed by atoms with Crippen LogP contribution in [0.25, 0.3) is 5.65 Å². The van der Waals surface area contributed by atoms with E-state index in [0.717, 1.165) is 5.56 Å². The van der Waals surface area contributed by atoms with E-state index in [1.165, 1.54) is 15.4 Å². The lowest BCUT2D eigenvalue weighted by atomic mass is 10.1. The molecule has 0 bridgehead atoms. The second-order valence-corrected chi connectivity index (χ2v) is 7.39. The van der Waals surface area contributed by atoms with Crippen LogP contribution in [-0.2, 0) is 20.9 Å². The van der Waals surface area contributed by atoms with Crippen LogP contribution >= 0.6 is 11.6 Å². The molecule has 0 saturated carbocycles. The number of hydrogen-bond acceptors (Lipinski definition) is 5. The zero-order valence-corrected chi connectivity index (χ0v) is 16.4. The molecule has 3 heterocycles. The first kappa shape index (κ1) is 19.1. The maximum Gasteiger partial charge on any atom is 0.311 e. The van der Waals surface area contributed by atoms with Crippen LogP contribution in [0.15, 0.2) is 53.5 Å². The van der Waals surface area contributed by atoms with Crippen molar-refractivity contribution in [3.8, 4) is 0 Å². The van der Waals surface area contributed by atoms with Crippen molar-refractivity contribution in [2.45, 2.75) is 20.0 Å². The van der Waals surface area contributed by atoms with Crippen LogP contribution in [0.1, 0.15) is 17.7 Å². The first-order valence-electron chi connectivity index (χ1n) is 9.13. The largest absolute Gasteiger partial charge is 0.459 e. The highest BCUT2D eigenvalue weighted by Crippen LogP contribution is 2.31. The summed E-state index contributed by atoms with van der Waals surface area (Å²) in [6, 6.07) is 11.9. The van der Waals surface area contributed by atoms with Crippen molar-refractivity contribution in [2.24, 2.45) is 5.92 Å². The summed E-state index contributed by atoms with van der Waals surface area (Å²) in [4.78, 5) is 42.9. The lowest BCUT2D eigenvalue weighted by Gasteiger charge is -2.17. The maximum atomic E-state index is 12.5. The Morgan fingerprint density at radius 2 is 2.03 bits per heavy atom. The number of benzene rings is 1. The SMILES string of the molecule is Cc1ccc2nc(COC(=O)C3CC(=O)N(c4ccccc4Cl)C3)cc(=O)n2c1. The lowest BCUT2D eigenvalue weighted by Crippen LogP contribution is -2.26. The number of halogens is 1. The molecular formula is C21H18ClN3O4. The van der Waals surface area contributed by atoms with Crippen LogP contribution in [0.5, 0.6) is 0 Å². The van der Waals surface area contributed by atoms with Crippen LogP contribution in [0.2, 0.25) is 5.02 Å². The molecule has 0 spiro atoms. The predicted octanol–water partition coefficient (Wildman–Crippen LogP) is 2.75. The Morgan fingerprint density at radius 3 is 2.83 bits per heavy atom. The molecule has 148 valence electrons. The molecular weight excluding hydrogens is 394 g/mol. The van der Waals surface area contributed by atoms with Gasteiger partial charge in [-0.1, -0.05) is 29.8 Å². The Hall–Kier alpha value is -3.19. The third-order valence-corrected chi connectivity index (χ3v) is 5.14. The normalized spacial score (nSPS) is 16.4. The van der Waals surface area contributed by atoms with E-state index in [1.807, 2.05) is 13.0 Å². The number of carbonyl (C=O) groups is 2. The average molecular weight is 412 g/mol. The number of amides is 1. The first-order chi connectivity index (χ1) is 13.9. The standard InChI is InChI=1S/C21H18ClN3O4/c1-13-6-7-18-23-15(9-20(27)25(18)10-13)12-29-21(28)14-8-19(26)24(11-14)17-5-3-2-4-16(17)22/h2-7,9-10,14H,8,11-12H2,1H3. The smallest absolute Gasteiger partial charge is 0.311 e. The molecule has 1 saturated heterocycles. The molecule has 1 aromatic carbocycles. The number of para-hydroxylation sites is 1. The van der Waals surface area contributed by atoms with Gasteiger partial charge in [0.25, 0.3) is 5.56 Å². The Morgan fingerprint density at radius 1 is 1.24 bits per heavy atom. The first-order valence-corrected chi connectivity index (χ1v) is 9.50. The number of anilines is 1. The second kappa shape index (κ2) is 7.67. The number of pyridine rings is 1. The van der Waals surface area contributed by atoms with Gasteiger partial charge < -0.3 is 9.64 Å². The zero-order valence-electron chi connectivity index (χ0n) is 15.7. The molecule has 1 unspecified atom stereocenters. The van der Waals surface area contributed by atoms with E-state index in [-0.39, 0.29) is 31.0 Å². The molecule has 1 aliphatic rings. The minimum atomic E-state index is -0.594. The monoisotopic (exact) mass is 411 g/mol. The van der Waals surface area contributed by atoms with Crippen molar-refractivity contribution in [3.63, 3.8) is 0 Å². The summed E-state index contributed by atoms with van der Waals surface area (Å²) >= 11 is 6.16. The van der Waals surface area contributed by atoms with Crippen molar-refractivity contribution in [1.29, 1.82) is 0 Å². The number of rotatable bonds is 4. The van der Waals surface area contributed by atoms with Crippen molar-refractivity contribution in [3.05, 3.63) is 75.3 Å². The van der Waals surface area contributed by atoms with E-state index in [9.17, 15) is 14.4 Å². The molecule has 1 fully saturated rings. The molecule has 1 amide bonds. The average Bonchev–Trinajstić information content (AvgIpc) is 3.08. The van der Waals surface area contributed by atoms with Gasteiger partial charge >= 0.3 is 5.97 Å². The van der Waals surface area contributed by atoms with E-state index < -0.39 is 11.9 Å². The quantitative estimate of drug-likeness (QED) is 0.616. The van der Waals surface area contributed by atoms with Crippen LogP contribution in [0.4, 0.5) is 5.69 Å². The molecule has 8 heteroatoms. The van der Waals surface area contributed by atoms with E-state index in [2.05, 4.69) is 4.98 Å². The maximum absolute atomic E-state index is 12.5. The third-order valence-electron chi connectivity index (χ3n) is 4.82. The molecule has 1 atom stereocenters. The van der Waals surface area contributed by atoms with Crippen molar-refractivity contribution >= 4 is 34.8 Å². The summed E-state index contributed by atoms with van der Waals surface area (Å²) in [5, 5.41) is 0.450. The number of nitrogens with zero attached hydrogens (tertiary/aromatic N) is 3. The molecule has 3 aromatic rings. The fourth-order valence-electron chi connectivity index (χ4n) is 3.36. The Kier molecular flexibility index (Phi) is 5.07. The number of esters is 1. The molecule has 0 radical (unpaired) electrons. The summed E-state index contributed by atoms with van der Waals surface area (Å²) in [6.07, 6.45) is 1.75. The van der Waals surface area contributed by atoms with Gasteiger partial charge in [-0.05, 0) is 30.7 Å². The minimum absolute atomic E-state index is 0.0527. The fraction of sp³-hybridized carbons (Fsp3) is 0.238. The van der Waals surface area contributed by atoms with Gasteiger partial charge in [-0.15, -0.1) is 0 Å². The summed E-state index contributed by atoms with van der Waals surface area (Å²) in [7, 11) is 0. The number of hydrogen-bond donors (Lipinski definition) is 0. The summed E-state index contributed by atoms with van der Waals surface area (Å²) in [6.45, 7) is 1.96. The summed E-state index contributed by atoms with van der Waals surface area (Å²) < 4.78 is 6.78. The van der Waals surface area contributed by atoms with Crippen molar-refractivity contribution in [1.82, 2.24) is 9.38 Å². The second-order valence-electron chi connectivity index (χ2n) is 6.98. The van der Waals surface area contributed by atoms with Gasteiger partial charge in [0.2, 0.25) is 5.91 Å². The van der Waals surface area contributed by atoms with Gasteiger partial charge in [-0.25, -0.2) is 4.98 Å². The highest BCUT2D eigenvalue weighted by molar-refractivity contribution is 6.33. The van der Waals surface area contributed by atoms with E-state index >= 15 is 0 Å². The van der Waals surface area contributed by atoms with Gasteiger partial charge in [-0.2, -0.15) is 0 Å². The van der Waals surface area contributed by atoms with Crippen LogP contribution in [0.3, 0.4) is 0 Å². The van der Waals surface area contributed by atoms with E-state index in [1.54, 1.807) is 36.5 Å². The highest BCUT2D eigenvalue weighted by atomic mass is 35.5. The van der Waals surface area contributed by atoms with Crippen LogP contribution in [0, 0.1) is 12.8 Å². The van der Waals surface area contributed by atoms with Gasteiger partial charge in [0, 0.05) is 25.2 Å².